The maximum atomic E-state index is 13.2. The van der Waals surface area contributed by atoms with Gasteiger partial charge in [0, 0.05) is 56.7 Å². The van der Waals surface area contributed by atoms with Gasteiger partial charge in [-0.2, -0.15) is 5.10 Å². The number of anilines is 3. The Kier molecular flexibility index (Phi) is 6.26. The number of likely N-dealkylation sites (N-methyl/N-ethyl adjacent to an activating group) is 1. The fraction of sp³-hybridized carbons (Fsp3) is 0.400. The smallest absolute Gasteiger partial charge is 0.274 e. The Labute approximate surface area is 194 Å². The van der Waals surface area contributed by atoms with E-state index in [0.29, 0.717) is 5.69 Å². The standard InChI is InChI=1S/C25H31N7O/c1-30-12-14-31(15-13-30)20-8-9-22(24(16-20)32-10-3-2-4-11-32)29-25(33)23-7-5-6-21(28-23)19-17-26-27-18-19/h5-9,16-18H,2-4,10-15H2,1H3,(H,26,27)(H,29,33). The molecule has 0 aliphatic carbocycles. The van der Waals surface area contributed by atoms with Crippen LogP contribution in [0, 0.1) is 0 Å². The number of rotatable bonds is 5. The lowest BCUT2D eigenvalue weighted by molar-refractivity contribution is 0.102. The third kappa shape index (κ3) is 4.85. The molecule has 4 heterocycles. The van der Waals surface area contributed by atoms with Crippen molar-refractivity contribution in [2.45, 2.75) is 19.3 Å². The molecular formula is C25H31N7O. The predicted octanol–water partition coefficient (Wildman–Crippen LogP) is 3.47. The molecule has 8 heteroatoms. The molecule has 8 nitrogen and oxygen atoms in total. The molecular weight excluding hydrogens is 414 g/mol. The van der Waals surface area contributed by atoms with Crippen LogP contribution < -0.4 is 15.1 Å². The summed E-state index contributed by atoms with van der Waals surface area (Å²) in [6, 6.07) is 11.9. The van der Waals surface area contributed by atoms with Gasteiger partial charge in [-0.25, -0.2) is 4.98 Å². The monoisotopic (exact) mass is 445 g/mol. The Morgan fingerprint density at radius 2 is 1.79 bits per heavy atom. The molecule has 2 N–H and O–H groups in total. The lowest BCUT2D eigenvalue weighted by Gasteiger charge is -2.36. The molecule has 33 heavy (non-hydrogen) atoms. The van der Waals surface area contributed by atoms with Gasteiger partial charge in [0.2, 0.25) is 0 Å². The number of piperidine rings is 1. The molecule has 3 aromatic rings. The Balaban J connectivity index is 1.41. The summed E-state index contributed by atoms with van der Waals surface area (Å²) in [5.74, 6) is -0.203. The van der Waals surface area contributed by atoms with E-state index in [-0.39, 0.29) is 5.91 Å². The molecule has 2 fully saturated rings. The molecule has 2 saturated heterocycles. The van der Waals surface area contributed by atoms with Crippen LogP contribution in [0.25, 0.3) is 11.3 Å². The molecule has 1 aromatic carbocycles. The zero-order valence-corrected chi connectivity index (χ0v) is 19.1. The van der Waals surface area contributed by atoms with Crippen LogP contribution in [-0.2, 0) is 0 Å². The van der Waals surface area contributed by atoms with Crippen LogP contribution in [0.5, 0.6) is 0 Å². The van der Waals surface area contributed by atoms with Crippen LogP contribution in [0.2, 0.25) is 0 Å². The Hall–Kier alpha value is -3.39. The van der Waals surface area contributed by atoms with E-state index < -0.39 is 0 Å². The number of piperazine rings is 1. The molecule has 0 bridgehead atoms. The van der Waals surface area contributed by atoms with Crippen LogP contribution in [0.3, 0.4) is 0 Å². The normalized spacial score (nSPS) is 17.2. The number of H-pyrrole nitrogens is 1. The number of carbonyl (C=O) groups is 1. The maximum Gasteiger partial charge on any atom is 0.274 e. The second-order valence-electron chi connectivity index (χ2n) is 8.89. The first-order chi connectivity index (χ1) is 16.2. The van der Waals surface area contributed by atoms with Gasteiger partial charge in [0.1, 0.15) is 5.69 Å². The van der Waals surface area contributed by atoms with Crippen molar-refractivity contribution in [3.8, 4) is 11.3 Å². The van der Waals surface area contributed by atoms with Crippen molar-refractivity contribution >= 4 is 23.0 Å². The number of carbonyl (C=O) groups excluding carboxylic acids is 1. The largest absolute Gasteiger partial charge is 0.370 e. The highest BCUT2D eigenvalue weighted by atomic mass is 16.1. The molecule has 2 aliphatic rings. The molecule has 0 unspecified atom stereocenters. The number of nitrogens with one attached hydrogen (secondary N) is 2. The minimum absolute atomic E-state index is 0.203. The fourth-order valence-corrected chi connectivity index (χ4v) is 4.58. The average molecular weight is 446 g/mol. The number of nitrogens with zero attached hydrogens (tertiary/aromatic N) is 5. The summed E-state index contributed by atoms with van der Waals surface area (Å²) < 4.78 is 0. The van der Waals surface area contributed by atoms with Crippen molar-refractivity contribution in [2.24, 2.45) is 0 Å². The third-order valence-electron chi connectivity index (χ3n) is 6.57. The third-order valence-corrected chi connectivity index (χ3v) is 6.57. The highest BCUT2D eigenvalue weighted by Gasteiger charge is 2.21. The van der Waals surface area contributed by atoms with Gasteiger partial charge in [-0.05, 0) is 56.6 Å². The van der Waals surface area contributed by atoms with E-state index in [2.05, 4.69) is 60.4 Å². The molecule has 2 aliphatic heterocycles. The molecule has 5 rings (SSSR count). The first-order valence-electron chi connectivity index (χ1n) is 11.8. The summed E-state index contributed by atoms with van der Waals surface area (Å²) in [4.78, 5) is 24.9. The van der Waals surface area contributed by atoms with Gasteiger partial charge >= 0.3 is 0 Å². The average Bonchev–Trinajstić information content (AvgIpc) is 3.41. The fourth-order valence-electron chi connectivity index (χ4n) is 4.58. The number of hydrogen-bond acceptors (Lipinski definition) is 6. The van der Waals surface area contributed by atoms with Crippen molar-refractivity contribution in [1.82, 2.24) is 20.1 Å². The molecule has 0 radical (unpaired) electrons. The molecule has 172 valence electrons. The van der Waals surface area contributed by atoms with Crippen LogP contribution in [0.1, 0.15) is 29.8 Å². The van der Waals surface area contributed by atoms with E-state index in [4.69, 9.17) is 0 Å². The highest BCUT2D eigenvalue weighted by molar-refractivity contribution is 6.05. The van der Waals surface area contributed by atoms with Gasteiger partial charge < -0.3 is 20.0 Å². The van der Waals surface area contributed by atoms with E-state index in [1.165, 1.54) is 24.9 Å². The number of benzene rings is 1. The summed E-state index contributed by atoms with van der Waals surface area (Å²) >= 11 is 0. The minimum Gasteiger partial charge on any atom is -0.370 e. The summed E-state index contributed by atoms with van der Waals surface area (Å²) in [6.07, 6.45) is 7.10. The number of aromatic nitrogens is 3. The predicted molar refractivity (Wildman–Crippen MR) is 132 cm³/mol. The van der Waals surface area contributed by atoms with Crippen molar-refractivity contribution < 1.29 is 4.79 Å². The summed E-state index contributed by atoms with van der Waals surface area (Å²) in [5, 5.41) is 9.91. The number of aromatic amines is 1. The SMILES string of the molecule is CN1CCN(c2ccc(NC(=O)c3cccc(-c4cn[nH]c4)n3)c(N3CCCCC3)c2)CC1. The van der Waals surface area contributed by atoms with Gasteiger partial charge in [-0.15, -0.1) is 0 Å². The zero-order chi connectivity index (χ0) is 22.6. The molecule has 2 aromatic heterocycles. The topological polar surface area (TPSA) is 80.4 Å². The first kappa shape index (κ1) is 21.5. The minimum atomic E-state index is -0.203. The van der Waals surface area contributed by atoms with Crippen molar-refractivity contribution in [1.29, 1.82) is 0 Å². The van der Waals surface area contributed by atoms with E-state index >= 15 is 0 Å². The van der Waals surface area contributed by atoms with Crippen molar-refractivity contribution in [3.05, 3.63) is 54.5 Å². The van der Waals surface area contributed by atoms with E-state index in [1.807, 2.05) is 12.1 Å². The zero-order valence-electron chi connectivity index (χ0n) is 19.1. The number of amides is 1. The quantitative estimate of drug-likeness (QED) is 0.626. The Morgan fingerprint density at radius 3 is 2.55 bits per heavy atom. The van der Waals surface area contributed by atoms with Crippen LogP contribution in [0.15, 0.2) is 48.8 Å². The summed E-state index contributed by atoms with van der Waals surface area (Å²) in [5.41, 5.74) is 5.14. The van der Waals surface area contributed by atoms with Gasteiger partial charge in [0.25, 0.3) is 5.91 Å². The maximum absolute atomic E-state index is 13.2. The second-order valence-corrected chi connectivity index (χ2v) is 8.89. The summed E-state index contributed by atoms with van der Waals surface area (Å²) in [6.45, 7) is 6.21. The van der Waals surface area contributed by atoms with Crippen LogP contribution >= 0.6 is 0 Å². The molecule has 1 amide bonds. The lowest BCUT2D eigenvalue weighted by atomic mass is 10.1. The Bertz CT molecular complexity index is 1080. The molecule has 0 atom stereocenters. The Morgan fingerprint density at radius 1 is 0.970 bits per heavy atom. The van der Waals surface area contributed by atoms with Crippen LogP contribution in [-0.4, -0.2) is 72.3 Å². The van der Waals surface area contributed by atoms with Crippen molar-refractivity contribution in [2.75, 3.05) is 61.4 Å². The summed E-state index contributed by atoms with van der Waals surface area (Å²) in [7, 11) is 2.17. The highest BCUT2D eigenvalue weighted by Crippen LogP contribution is 2.33. The number of hydrogen-bond donors (Lipinski definition) is 2. The van der Waals surface area contributed by atoms with Gasteiger partial charge in [-0.1, -0.05) is 6.07 Å². The van der Waals surface area contributed by atoms with E-state index in [0.717, 1.165) is 61.9 Å². The molecule has 0 spiro atoms. The first-order valence-corrected chi connectivity index (χ1v) is 11.8. The van der Waals surface area contributed by atoms with Crippen LogP contribution in [0.4, 0.5) is 17.1 Å². The van der Waals surface area contributed by atoms with Gasteiger partial charge in [-0.3, -0.25) is 9.89 Å². The van der Waals surface area contributed by atoms with E-state index in [9.17, 15) is 4.79 Å². The van der Waals surface area contributed by atoms with Crippen molar-refractivity contribution in [3.63, 3.8) is 0 Å². The molecule has 0 saturated carbocycles. The van der Waals surface area contributed by atoms with Gasteiger partial charge in [0.05, 0.1) is 23.3 Å². The second kappa shape index (κ2) is 9.62. The van der Waals surface area contributed by atoms with E-state index in [1.54, 1.807) is 18.5 Å². The van der Waals surface area contributed by atoms with Gasteiger partial charge in [0.15, 0.2) is 0 Å². The number of pyridine rings is 1. The lowest BCUT2D eigenvalue weighted by Crippen LogP contribution is -2.44.